The van der Waals surface area contributed by atoms with Gasteiger partial charge in [0.2, 0.25) is 0 Å². The van der Waals surface area contributed by atoms with Crippen molar-refractivity contribution in [2.24, 2.45) is 0 Å². The maximum atomic E-state index is 12.0. The topological polar surface area (TPSA) is 80.0 Å². The van der Waals surface area contributed by atoms with Crippen LogP contribution in [0.5, 0.6) is 0 Å². The molecule has 2 heterocycles. The van der Waals surface area contributed by atoms with E-state index in [1.165, 1.54) is 16.9 Å². The van der Waals surface area contributed by atoms with E-state index in [1.807, 2.05) is 18.4 Å². The fourth-order valence-corrected chi connectivity index (χ4v) is 3.03. The lowest BCUT2D eigenvalue weighted by atomic mass is 10.3. The molecule has 2 aromatic heterocycles. The standard InChI is InChI=1S/C11H14N4OS2/c1-6-3-4-17-7(6)5-14-10(16)8-9(12)15-11(13-2)18-8/h3-4H,5,12H2,1-2H3,(H,13,15)(H,14,16). The second-order valence-corrected chi connectivity index (χ2v) is 5.69. The van der Waals surface area contributed by atoms with Crippen molar-refractivity contribution in [2.75, 3.05) is 18.1 Å². The van der Waals surface area contributed by atoms with E-state index < -0.39 is 0 Å². The largest absolute Gasteiger partial charge is 0.382 e. The Morgan fingerprint density at radius 2 is 2.33 bits per heavy atom. The number of nitrogens with two attached hydrogens (primary N) is 1. The Morgan fingerprint density at radius 1 is 1.56 bits per heavy atom. The zero-order valence-electron chi connectivity index (χ0n) is 10.1. The lowest BCUT2D eigenvalue weighted by Crippen LogP contribution is -2.22. The van der Waals surface area contributed by atoms with Gasteiger partial charge in [0.1, 0.15) is 10.7 Å². The van der Waals surface area contributed by atoms with E-state index in [9.17, 15) is 4.79 Å². The maximum Gasteiger partial charge on any atom is 0.265 e. The third kappa shape index (κ3) is 2.62. The maximum absolute atomic E-state index is 12.0. The van der Waals surface area contributed by atoms with Gasteiger partial charge in [0.05, 0.1) is 6.54 Å². The molecule has 0 saturated heterocycles. The molecule has 0 aromatic carbocycles. The molecule has 0 unspecified atom stereocenters. The van der Waals surface area contributed by atoms with Crippen LogP contribution in [0.1, 0.15) is 20.1 Å². The Hall–Kier alpha value is -1.60. The molecule has 96 valence electrons. The van der Waals surface area contributed by atoms with Gasteiger partial charge in [-0.2, -0.15) is 0 Å². The van der Waals surface area contributed by atoms with Crippen LogP contribution in [0.2, 0.25) is 0 Å². The van der Waals surface area contributed by atoms with Crippen LogP contribution in [-0.2, 0) is 6.54 Å². The summed E-state index contributed by atoms with van der Waals surface area (Å²) in [5.74, 6) is 0.0871. The number of carbonyl (C=O) groups is 1. The van der Waals surface area contributed by atoms with Gasteiger partial charge in [0, 0.05) is 11.9 Å². The number of nitrogens with zero attached hydrogens (tertiary/aromatic N) is 1. The average molecular weight is 282 g/mol. The van der Waals surface area contributed by atoms with Crippen LogP contribution in [0.4, 0.5) is 10.9 Å². The van der Waals surface area contributed by atoms with Gasteiger partial charge in [-0.3, -0.25) is 4.79 Å². The molecule has 0 radical (unpaired) electrons. The summed E-state index contributed by atoms with van der Waals surface area (Å²) in [6.07, 6.45) is 0. The predicted octanol–water partition coefficient (Wildman–Crippen LogP) is 2.07. The van der Waals surface area contributed by atoms with Crippen molar-refractivity contribution in [3.05, 3.63) is 26.8 Å². The van der Waals surface area contributed by atoms with Gasteiger partial charge in [0.25, 0.3) is 5.91 Å². The summed E-state index contributed by atoms with van der Waals surface area (Å²) in [5, 5.41) is 8.38. The van der Waals surface area contributed by atoms with Gasteiger partial charge in [0.15, 0.2) is 5.13 Å². The summed E-state index contributed by atoms with van der Waals surface area (Å²) in [7, 11) is 1.75. The van der Waals surface area contributed by atoms with Crippen LogP contribution in [0.25, 0.3) is 0 Å². The number of hydrogen-bond acceptors (Lipinski definition) is 6. The summed E-state index contributed by atoms with van der Waals surface area (Å²) < 4.78 is 0. The number of thiazole rings is 1. The third-order valence-corrected chi connectivity index (χ3v) is 4.56. The second kappa shape index (κ2) is 5.36. The highest BCUT2D eigenvalue weighted by molar-refractivity contribution is 7.18. The first-order valence-corrected chi connectivity index (χ1v) is 7.06. The lowest BCUT2D eigenvalue weighted by Gasteiger charge is -2.02. The van der Waals surface area contributed by atoms with E-state index in [0.717, 1.165) is 4.88 Å². The summed E-state index contributed by atoms with van der Waals surface area (Å²) in [5.41, 5.74) is 6.89. The molecule has 2 aromatic rings. The number of rotatable bonds is 4. The highest BCUT2D eigenvalue weighted by Gasteiger charge is 2.15. The molecule has 18 heavy (non-hydrogen) atoms. The molecule has 4 N–H and O–H groups in total. The Kier molecular flexibility index (Phi) is 3.83. The van der Waals surface area contributed by atoms with Gasteiger partial charge in [-0.05, 0) is 23.9 Å². The first kappa shape index (κ1) is 12.8. The molecule has 0 atom stereocenters. The summed E-state index contributed by atoms with van der Waals surface area (Å²) in [6.45, 7) is 2.55. The highest BCUT2D eigenvalue weighted by atomic mass is 32.1. The van der Waals surface area contributed by atoms with E-state index in [0.29, 0.717) is 16.6 Å². The fraction of sp³-hybridized carbons (Fsp3) is 0.273. The summed E-state index contributed by atoms with van der Waals surface area (Å²) in [4.78, 5) is 17.6. The monoisotopic (exact) mass is 282 g/mol. The van der Waals surface area contributed by atoms with Gasteiger partial charge in [-0.1, -0.05) is 11.3 Å². The number of carbonyl (C=O) groups excluding carboxylic acids is 1. The average Bonchev–Trinajstić information content (AvgIpc) is 2.92. The number of anilines is 2. The molecule has 0 bridgehead atoms. The van der Waals surface area contributed by atoms with E-state index in [2.05, 4.69) is 15.6 Å². The normalized spacial score (nSPS) is 10.3. The molecule has 7 heteroatoms. The fourth-order valence-electron chi connectivity index (χ4n) is 1.43. The highest BCUT2D eigenvalue weighted by Crippen LogP contribution is 2.24. The van der Waals surface area contributed by atoms with Crippen molar-refractivity contribution in [2.45, 2.75) is 13.5 Å². The van der Waals surface area contributed by atoms with Crippen LogP contribution in [-0.4, -0.2) is 17.9 Å². The molecule has 0 aliphatic carbocycles. The van der Waals surface area contributed by atoms with Gasteiger partial charge < -0.3 is 16.4 Å². The van der Waals surface area contributed by atoms with Crippen LogP contribution >= 0.6 is 22.7 Å². The Labute approximate surface area is 113 Å². The molecule has 0 fully saturated rings. The predicted molar refractivity (Wildman–Crippen MR) is 76.3 cm³/mol. The molecule has 1 amide bonds. The quantitative estimate of drug-likeness (QED) is 0.802. The number of nitrogens with one attached hydrogen (secondary N) is 2. The molecular formula is C11H14N4OS2. The molecule has 2 rings (SSSR count). The minimum absolute atomic E-state index is 0.181. The number of nitrogen functional groups attached to an aromatic ring is 1. The Morgan fingerprint density at radius 3 is 2.89 bits per heavy atom. The van der Waals surface area contributed by atoms with E-state index in [4.69, 9.17) is 5.73 Å². The number of aromatic nitrogens is 1. The zero-order chi connectivity index (χ0) is 13.1. The van der Waals surface area contributed by atoms with E-state index in [1.54, 1.807) is 18.4 Å². The van der Waals surface area contributed by atoms with Gasteiger partial charge in [-0.25, -0.2) is 4.98 Å². The molecule has 0 aliphatic heterocycles. The molecule has 5 nitrogen and oxygen atoms in total. The summed E-state index contributed by atoms with van der Waals surface area (Å²) >= 11 is 2.88. The Balaban J connectivity index is 2.03. The minimum atomic E-state index is -0.181. The molecule has 0 aliphatic rings. The van der Waals surface area contributed by atoms with Crippen LogP contribution in [0.15, 0.2) is 11.4 Å². The van der Waals surface area contributed by atoms with E-state index in [-0.39, 0.29) is 11.7 Å². The van der Waals surface area contributed by atoms with Crippen LogP contribution in [0.3, 0.4) is 0 Å². The second-order valence-electron chi connectivity index (χ2n) is 3.69. The summed E-state index contributed by atoms with van der Waals surface area (Å²) in [6, 6.07) is 2.03. The Bertz CT molecular complexity index is 561. The van der Waals surface area contributed by atoms with Crippen molar-refractivity contribution < 1.29 is 4.79 Å². The number of thiophene rings is 1. The molecular weight excluding hydrogens is 268 g/mol. The first-order chi connectivity index (χ1) is 8.61. The molecule has 0 spiro atoms. The zero-order valence-corrected chi connectivity index (χ0v) is 11.7. The van der Waals surface area contributed by atoms with Crippen LogP contribution < -0.4 is 16.4 Å². The van der Waals surface area contributed by atoms with Crippen molar-refractivity contribution >= 4 is 39.5 Å². The van der Waals surface area contributed by atoms with Crippen molar-refractivity contribution in [3.63, 3.8) is 0 Å². The number of amides is 1. The van der Waals surface area contributed by atoms with Crippen molar-refractivity contribution in [3.8, 4) is 0 Å². The van der Waals surface area contributed by atoms with Crippen molar-refractivity contribution in [1.29, 1.82) is 0 Å². The first-order valence-electron chi connectivity index (χ1n) is 5.37. The molecule has 0 saturated carbocycles. The smallest absolute Gasteiger partial charge is 0.265 e. The van der Waals surface area contributed by atoms with Crippen LogP contribution in [0, 0.1) is 6.92 Å². The van der Waals surface area contributed by atoms with Gasteiger partial charge in [-0.15, -0.1) is 11.3 Å². The lowest BCUT2D eigenvalue weighted by molar-refractivity contribution is 0.0956. The number of hydrogen-bond donors (Lipinski definition) is 3. The van der Waals surface area contributed by atoms with Crippen molar-refractivity contribution in [1.82, 2.24) is 10.3 Å². The third-order valence-electron chi connectivity index (χ3n) is 2.45. The minimum Gasteiger partial charge on any atom is -0.382 e. The number of aryl methyl sites for hydroxylation is 1. The van der Waals surface area contributed by atoms with E-state index >= 15 is 0 Å². The SMILES string of the molecule is CNc1nc(N)c(C(=O)NCc2sccc2C)s1. The van der Waals surface area contributed by atoms with Gasteiger partial charge >= 0.3 is 0 Å².